The van der Waals surface area contributed by atoms with Crippen LogP contribution in [-0.4, -0.2) is 70.6 Å². The Morgan fingerprint density at radius 2 is 2.11 bits per heavy atom. The standard InChI is InChI=1S/C19H30ClN3O3.HI/c1-21-19(22-10-4-12-24-15-18-5-3-13-25-18)23(2)11-14-26-17-8-6-16(20)7-9-17;/h6-9,18H,3-5,10-15H2,1-2H3,(H,21,22);1H. The Morgan fingerprint density at radius 1 is 1.33 bits per heavy atom. The molecular weight excluding hydrogens is 481 g/mol. The lowest BCUT2D eigenvalue weighted by Crippen LogP contribution is -2.41. The van der Waals surface area contributed by atoms with Gasteiger partial charge in [0.1, 0.15) is 12.4 Å². The largest absolute Gasteiger partial charge is 0.492 e. The summed E-state index contributed by atoms with van der Waals surface area (Å²) in [5.74, 6) is 1.66. The summed E-state index contributed by atoms with van der Waals surface area (Å²) in [6.07, 6.45) is 3.50. The van der Waals surface area contributed by atoms with Gasteiger partial charge in [0.25, 0.3) is 0 Å². The van der Waals surface area contributed by atoms with E-state index in [0.29, 0.717) is 24.3 Å². The third kappa shape index (κ3) is 9.82. The van der Waals surface area contributed by atoms with Crippen LogP contribution in [0.5, 0.6) is 5.75 Å². The lowest BCUT2D eigenvalue weighted by Gasteiger charge is -2.22. The van der Waals surface area contributed by atoms with Crippen molar-refractivity contribution >= 4 is 41.5 Å². The average molecular weight is 512 g/mol. The van der Waals surface area contributed by atoms with E-state index in [9.17, 15) is 0 Å². The highest BCUT2D eigenvalue weighted by atomic mass is 127. The molecule has 0 saturated carbocycles. The number of nitrogens with one attached hydrogen (secondary N) is 1. The van der Waals surface area contributed by atoms with Crippen molar-refractivity contribution in [2.75, 3.05) is 53.6 Å². The van der Waals surface area contributed by atoms with Crippen LogP contribution in [-0.2, 0) is 9.47 Å². The molecule has 154 valence electrons. The van der Waals surface area contributed by atoms with Gasteiger partial charge in [-0.15, -0.1) is 24.0 Å². The molecule has 0 aromatic heterocycles. The van der Waals surface area contributed by atoms with Crippen LogP contribution in [0.1, 0.15) is 19.3 Å². The quantitative estimate of drug-likeness (QED) is 0.226. The molecule has 1 N–H and O–H groups in total. The van der Waals surface area contributed by atoms with Crippen LogP contribution < -0.4 is 10.1 Å². The van der Waals surface area contributed by atoms with Crippen LogP contribution in [0.3, 0.4) is 0 Å². The van der Waals surface area contributed by atoms with Crippen molar-refractivity contribution in [3.05, 3.63) is 29.3 Å². The van der Waals surface area contributed by atoms with Gasteiger partial charge in [-0.2, -0.15) is 0 Å². The molecule has 0 bridgehead atoms. The fraction of sp³-hybridized carbons (Fsp3) is 0.632. The minimum atomic E-state index is 0. The molecule has 2 rings (SSSR count). The minimum Gasteiger partial charge on any atom is -0.492 e. The van der Waals surface area contributed by atoms with Crippen molar-refractivity contribution < 1.29 is 14.2 Å². The second-order valence-corrected chi connectivity index (χ2v) is 6.70. The van der Waals surface area contributed by atoms with Gasteiger partial charge in [-0.1, -0.05) is 11.6 Å². The van der Waals surface area contributed by atoms with Gasteiger partial charge >= 0.3 is 0 Å². The van der Waals surface area contributed by atoms with E-state index in [4.69, 9.17) is 25.8 Å². The van der Waals surface area contributed by atoms with Crippen LogP contribution in [0, 0.1) is 0 Å². The van der Waals surface area contributed by atoms with E-state index >= 15 is 0 Å². The predicted molar refractivity (Wildman–Crippen MR) is 121 cm³/mol. The Hall–Kier alpha value is -0.770. The highest BCUT2D eigenvalue weighted by molar-refractivity contribution is 14.0. The fourth-order valence-corrected chi connectivity index (χ4v) is 2.81. The number of benzene rings is 1. The van der Waals surface area contributed by atoms with E-state index in [1.165, 1.54) is 0 Å². The van der Waals surface area contributed by atoms with E-state index in [1.54, 1.807) is 7.05 Å². The van der Waals surface area contributed by atoms with E-state index < -0.39 is 0 Å². The molecule has 1 saturated heterocycles. The summed E-state index contributed by atoms with van der Waals surface area (Å²) in [4.78, 5) is 6.35. The van der Waals surface area contributed by atoms with Crippen LogP contribution in [0.15, 0.2) is 29.3 Å². The minimum absolute atomic E-state index is 0. The van der Waals surface area contributed by atoms with E-state index in [-0.39, 0.29) is 24.0 Å². The molecule has 1 heterocycles. The first kappa shape index (κ1) is 24.3. The van der Waals surface area contributed by atoms with Gasteiger partial charge in [0, 0.05) is 38.9 Å². The number of aliphatic imine (C=N–C) groups is 1. The van der Waals surface area contributed by atoms with Gasteiger partial charge in [0.2, 0.25) is 0 Å². The molecule has 1 unspecified atom stereocenters. The fourth-order valence-electron chi connectivity index (χ4n) is 2.69. The van der Waals surface area contributed by atoms with Crippen molar-refractivity contribution in [2.24, 2.45) is 4.99 Å². The first-order chi connectivity index (χ1) is 12.7. The molecule has 1 fully saturated rings. The summed E-state index contributed by atoms with van der Waals surface area (Å²) in [7, 11) is 3.78. The van der Waals surface area contributed by atoms with Crippen LogP contribution in [0.2, 0.25) is 5.02 Å². The average Bonchev–Trinajstić information content (AvgIpc) is 3.16. The molecule has 1 aliphatic rings. The number of likely N-dealkylation sites (N-methyl/N-ethyl adjacent to an activating group) is 1. The summed E-state index contributed by atoms with van der Waals surface area (Å²) in [5.41, 5.74) is 0. The molecule has 1 atom stereocenters. The maximum atomic E-state index is 5.87. The number of guanidine groups is 1. The summed E-state index contributed by atoms with van der Waals surface area (Å²) in [6, 6.07) is 7.38. The maximum absolute atomic E-state index is 5.87. The lowest BCUT2D eigenvalue weighted by atomic mass is 10.2. The van der Waals surface area contributed by atoms with E-state index in [1.807, 2.05) is 36.2 Å². The summed E-state index contributed by atoms with van der Waals surface area (Å²) >= 11 is 5.87. The van der Waals surface area contributed by atoms with E-state index in [0.717, 1.165) is 57.3 Å². The second-order valence-electron chi connectivity index (χ2n) is 6.26. The summed E-state index contributed by atoms with van der Waals surface area (Å²) < 4.78 is 16.9. The maximum Gasteiger partial charge on any atom is 0.193 e. The van der Waals surface area contributed by atoms with Crippen molar-refractivity contribution in [1.29, 1.82) is 0 Å². The van der Waals surface area contributed by atoms with Gasteiger partial charge in [-0.05, 0) is 43.5 Å². The summed E-state index contributed by atoms with van der Waals surface area (Å²) in [5, 5.41) is 4.05. The van der Waals surface area contributed by atoms with E-state index in [2.05, 4.69) is 10.3 Å². The van der Waals surface area contributed by atoms with Crippen LogP contribution in [0.25, 0.3) is 0 Å². The van der Waals surface area contributed by atoms with Crippen LogP contribution >= 0.6 is 35.6 Å². The van der Waals surface area contributed by atoms with Crippen molar-refractivity contribution in [3.63, 3.8) is 0 Å². The van der Waals surface area contributed by atoms with Gasteiger partial charge in [0.15, 0.2) is 5.96 Å². The monoisotopic (exact) mass is 511 g/mol. The van der Waals surface area contributed by atoms with Gasteiger partial charge in [-0.3, -0.25) is 4.99 Å². The zero-order valence-corrected chi connectivity index (χ0v) is 19.2. The zero-order chi connectivity index (χ0) is 18.6. The smallest absolute Gasteiger partial charge is 0.193 e. The third-order valence-corrected chi connectivity index (χ3v) is 4.41. The molecule has 1 aliphatic heterocycles. The normalized spacial score (nSPS) is 16.7. The van der Waals surface area contributed by atoms with Crippen LogP contribution in [0.4, 0.5) is 0 Å². The molecule has 0 aliphatic carbocycles. The molecule has 8 heteroatoms. The van der Waals surface area contributed by atoms with Gasteiger partial charge in [-0.25, -0.2) is 0 Å². The van der Waals surface area contributed by atoms with Crippen molar-refractivity contribution in [2.45, 2.75) is 25.4 Å². The number of rotatable bonds is 10. The Morgan fingerprint density at radius 3 is 2.78 bits per heavy atom. The molecule has 27 heavy (non-hydrogen) atoms. The Kier molecular flexibility index (Phi) is 12.8. The SMILES string of the molecule is CN=C(NCCCOCC1CCCO1)N(C)CCOc1ccc(Cl)cc1.I. The molecule has 1 aromatic rings. The number of nitrogens with zero attached hydrogens (tertiary/aromatic N) is 2. The number of halogens is 2. The summed E-state index contributed by atoms with van der Waals surface area (Å²) in [6.45, 7) is 4.44. The van der Waals surface area contributed by atoms with Crippen molar-refractivity contribution in [3.8, 4) is 5.75 Å². The van der Waals surface area contributed by atoms with Gasteiger partial charge < -0.3 is 24.4 Å². The number of hydrogen-bond donors (Lipinski definition) is 1. The Balaban J connectivity index is 0.00000364. The third-order valence-electron chi connectivity index (χ3n) is 4.16. The highest BCUT2D eigenvalue weighted by Crippen LogP contribution is 2.15. The first-order valence-electron chi connectivity index (χ1n) is 9.18. The Labute approximate surface area is 184 Å². The predicted octanol–water partition coefficient (Wildman–Crippen LogP) is 3.43. The Bertz CT molecular complexity index is 540. The number of hydrogen-bond acceptors (Lipinski definition) is 4. The van der Waals surface area contributed by atoms with Crippen molar-refractivity contribution in [1.82, 2.24) is 10.2 Å². The molecule has 0 amide bonds. The molecule has 6 nitrogen and oxygen atoms in total. The molecule has 0 radical (unpaired) electrons. The molecule has 0 spiro atoms. The highest BCUT2D eigenvalue weighted by Gasteiger charge is 2.14. The zero-order valence-electron chi connectivity index (χ0n) is 16.2. The number of ether oxygens (including phenoxy) is 3. The topological polar surface area (TPSA) is 55.3 Å². The van der Waals surface area contributed by atoms with Gasteiger partial charge in [0.05, 0.1) is 19.3 Å². The molecule has 1 aromatic carbocycles. The lowest BCUT2D eigenvalue weighted by molar-refractivity contribution is 0.0168. The second kappa shape index (κ2) is 14.3. The molecular formula is C19H31ClIN3O3. The first-order valence-corrected chi connectivity index (χ1v) is 9.56.